The summed E-state index contributed by atoms with van der Waals surface area (Å²) in [6.07, 6.45) is 0. The molecule has 1 rings (SSSR count). The van der Waals surface area contributed by atoms with Crippen LogP contribution in [0.25, 0.3) is 0 Å². The van der Waals surface area contributed by atoms with Crippen molar-refractivity contribution < 1.29 is 17.9 Å². The van der Waals surface area contributed by atoms with Crippen LogP contribution in [-0.4, -0.2) is 28.0 Å². The lowest BCUT2D eigenvalue weighted by atomic mass is 10.1. The molecule has 0 aromatic heterocycles. The van der Waals surface area contributed by atoms with Gasteiger partial charge in [-0.25, -0.2) is 17.9 Å². The molecule has 0 fully saturated rings. The van der Waals surface area contributed by atoms with Crippen LogP contribution in [0, 0.1) is 6.92 Å². The van der Waals surface area contributed by atoms with Gasteiger partial charge in [0.1, 0.15) is 0 Å². The Labute approximate surface area is 113 Å². The van der Waals surface area contributed by atoms with Crippen molar-refractivity contribution in [3.05, 3.63) is 41.5 Å². The molecule has 0 radical (unpaired) electrons. The van der Waals surface area contributed by atoms with Crippen molar-refractivity contribution >= 4 is 16.0 Å². The predicted octanol–water partition coefficient (Wildman–Crippen LogP) is 1.64. The van der Waals surface area contributed by atoms with E-state index in [9.17, 15) is 13.2 Å². The Kier molecular flexibility index (Phi) is 4.85. The zero-order valence-corrected chi connectivity index (χ0v) is 12.0. The van der Waals surface area contributed by atoms with Crippen LogP contribution in [0.15, 0.2) is 35.2 Å². The Balaban J connectivity index is 3.18. The van der Waals surface area contributed by atoms with Crippen molar-refractivity contribution in [2.75, 3.05) is 13.7 Å². The van der Waals surface area contributed by atoms with Gasteiger partial charge in [-0.05, 0) is 31.5 Å². The zero-order chi connectivity index (χ0) is 14.6. The number of nitrogens with one attached hydrogen (secondary N) is 1. The number of carbonyl (C=O) groups is 1. The molecule has 19 heavy (non-hydrogen) atoms. The number of aryl methyl sites for hydroxylation is 1. The molecule has 104 valence electrons. The molecule has 0 unspecified atom stereocenters. The molecule has 0 saturated carbocycles. The standard InChI is InChI=1S/C13H17NO4S/c1-9(2)8-14-19(16,17)12-7-11(13(15)18-4)6-5-10(12)3/h5-7,14H,1,8H2,2-4H3. The molecule has 0 bridgehead atoms. The number of ether oxygens (including phenoxy) is 1. The lowest BCUT2D eigenvalue weighted by Gasteiger charge is -2.10. The Morgan fingerprint density at radius 2 is 2.05 bits per heavy atom. The van der Waals surface area contributed by atoms with E-state index in [0.29, 0.717) is 11.1 Å². The Morgan fingerprint density at radius 1 is 1.42 bits per heavy atom. The van der Waals surface area contributed by atoms with E-state index >= 15 is 0 Å². The first-order valence-electron chi connectivity index (χ1n) is 5.61. The third kappa shape index (κ3) is 3.90. The maximum absolute atomic E-state index is 12.1. The van der Waals surface area contributed by atoms with Crippen LogP contribution >= 0.6 is 0 Å². The Hall–Kier alpha value is -1.66. The molecule has 0 saturated heterocycles. The van der Waals surface area contributed by atoms with Gasteiger partial charge < -0.3 is 4.74 Å². The lowest BCUT2D eigenvalue weighted by Crippen LogP contribution is -2.26. The van der Waals surface area contributed by atoms with Gasteiger partial charge in [-0.2, -0.15) is 0 Å². The van der Waals surface area contributed by atoms with Crippen molar-refractivity contribution in [1.29, 1.82) is 0 Å². The van der Waals surface area contributed by atoms with E-state index in [1.54, 1.807) is 19.9 Å². The molecule has 0 aliphatic heterocycles. The molecule has 0 atom stereocenters. The first-order valence-corrected chi connectivity index (χ1v) is 7.09. The molecule has 0 heterocycles. The predicted molar refractivity (Wildman–Crippen MR) is 72.5 cm³/mol. The highest BCUT2D eigenvalue weighted by Gasteiger charge is 2.18. The molecule has 0 spiro atoms. The van der Waals surface area contributed by atoms with Gasteiger partial charge >= 0.3 is 5.97 Å². The second-order valence-electron chi connectivity index (χ2n) is 4.25. The summed E-state index contributed by atoms with van der Waals surface area (Å²) in [5, 5.41) is 0. The summed E-state index contributed by atoms with van der Waals surface area (Å²) in [6.45, 7) is 7.17. The summed E-state index contributed by atoms with van der Waals surface area (Å²) in [6, 6.07) is 4.41. The average molecular weight is 283 g/mol. The number of hydrogen-bond acceptors (Lipinski definition) is 4. The van der Waals surface area contributed by atoms with Gasteiger partial charge in [-0.3, -0.25) is 0 Å². The van der Waals surface area contributed by atoms with Gasteiger partial charge in [0.05, 0.1) is 17.6 Å². The quantitative estimate of drug-likeness (QED) is 0.658. The minimum atomic E-state index is -3.67. The van der Waals surface area contributed by atoms with Gasteiger partial charge in [0.15, 0.2) is 0 Å². The fourth-order valence-electron chi connectivity index (χ4n) is 1.43. The SMILES string of the molecule is C=C(C)CNS(=O)(=O)c1cc(C(=O)OC)ccc1C. The normalized spacial score (nSPS) is 11.1. The molecule has 1 aromatic rings. The Bertz CT molecular complexity index is 605. The van der Waals surface area contributed by atoms with E-state index in [-0.39, 0.29) is 17.0 Å². The minimum absolute atomic E-state index is 0.0663. The van der Waals surface area contributed by atoms with Crippen LogP contribution in [0.3, 0.4) is 0 Å². The number of carbonyl (C=O) groups excluding carboxylic acids is 1. The molecule has 5 nitrogen and oxygen atoms in total. The summed E-state index contributed by atoms with van der Waals surface area (Å²) < 4.78 is 31.2. The van der Waals surface area contributed by atoms with Crippen molar-refractivity contribution in [1.82, 2.24) is 4.72 Å². The highest BCUT2D eigenvalue weighted by molar-refractivity contribution is 7.89. The fraction of sp³-hybridized carbons (Fsp3) is 0.308. The third-order valence-corrected chi connectivity index (χ3v) is 4.01. The van der Waals surface area contributed by atoms with Crippen LogP contribution < -0.4 is 4.72 Å². The van der Waals surface area contributed by atoms with Crippen LogP contribution in [0.5, 0.6) is 0 Å². The maximum atomic E-state index is 12.1. The second-order valence-corrected chi connectivity index (χ2v) is 5.99. The molecule has 1 aromatic carbocycles. The van der Waals surface area contributed by atoms with Crippen LogP contribution in [0.2, 0.25) is 0 Å². The summed E-state index contributed by atoms with van der Waals surface area (Å²) >= 11 is 0. The molecule has 1 N–H and O–H groups in total. The number of sulfonamides is 1. The zero-order valence-electron chi connectivity index (χ0n) is 11.2. The molecule has 0 aliphatic rings. The summed E-state index contributed by atoms with van der Waals surface area (Å²) in [4.78, 5) is 11.5. The van der Waals surface area contributed by atoms with E-state index in [0.717, 1.165) is 0 Å². The summed E-state index contributed by atoms with van der Waals surface area (Å²) in [5.41, 5.74) is 1.45. The van der Waals surface area contributed by atoms with Crippen molar-refractivity contribution in [3.63, 3.8) is 0 Å². The molecule has 0 amide bonds. The highest BCUT2D eigenvalue weighted by Crippen LogP contribution is 2.17. The summed E-state index contributed by atoms with van der Waals surface area (Å²) in [5.74, 6) is -0.573. The highest BCUT2D eigenvalue weighted by atomic mass is 32.2. The van der Waals surface area contributed by atoms with Crippen molar-refractivity contribution in [3.8, 4) is 0 Å². The van der Waals surface area contributed by atoms with Crippen molar-refractivity contribution in [2.45, 2.75) is 18.7 Å². The van der Waals surface area contributed by atoms with Gasteiger partial charge in [0.2, 0.25) is 10.0 Å². The van der Waals surface area contributed by atoms with E-state index in [4.69, 9.17) is 0 Å². The molecular formula is C13H17NO4S. The first-order chi connectivity index (χ1) is 8.77. The van der Waals surface area contributed by atoms with Crippen LogP contribution in [0.1, 0.15) is 22.8 Å². The molecule has 0 aliphatic carbocycles. The third-order valence-electron chi connectivity index (χ3n) is 2.46. The number of methoxy groups -OCH3 is 1. The average Bonchev–Trinajstić information content (AvgIpc) is 2.36. The van der Waals surface area contributed by atoms with E-state index in [1.165, 1.54) is 19.2 Å². The number of rotatable bonds is 5. The molecule has 6 heteroatoms. The van der Waals surface area contributed by atoms with Crippen LogP contribution in [-0.2, 0) is 14.8 Å². The van der Waals surface area contributed by atoms with Gasteiger partial charge in [-0.15, -0.1) is 0 Å². The second kappa shape index (κ2) is 5.99. The van der Waals surface area contributed by atoms with Gasteiger partial charge in [0, 0.05) is 6.54 Å². The smallest absolute Gasteiger partial charge is 0.337 e. The Morgan fingerprint density at radius 3 is 2.58 bits per heavy atom. The van der Waals surface area contributed by atoms with E-state index < -0.39 is 16.0 Å². The van der Waals surface area contributed by atoms with Crippen LogP contribution in [0.4, 0.5) is 0 Å². The number of hydrogen-bond donors (Lipinski definition) is 1. The first kappa shape index (κ1) is 15.4. The van der Waals surface area contributed by atoms with E-state index in [1.807, 2.05) is 0 Å². The number of esters is 1. The molecular weight excluding hydrogens is 266 g/mol. The number of benzene rings is 1. The topological polar surface area (TPSA) is 72.5 Å². The van der Waals surface area contributed by atoms with Gasteiger partial charge in [0.25, 0.3) is 0 Å². The summed E-state index contributed by atoms with van der Waals surface area (Å²) in [7, 11) is -2.42. The van der Waals surface area contributed by atoms with Gasteiger partial charge in [-0.1, -0.05) is 18.2 Å². The van der Waals surface area contributed by atoms with Crippen molar-refractivity contribution in [2.24, 2.45) is 0 Å². The lowest BCUT2D eigenvalue weighted by molar-refractivity contribution is 0.0600. The van der Waals surface area contributed by atoms with E-state index in [2.05, 4.69) is 16.0 Å². The fourth-order valence-corrected chi connectivity index (χ4v) is 2.80. The monoisotopic (exact) mass is 283 g/mol. The largest absolute Gasteiger partial charge is 0.465 e. The minimum Gasteiger partial charge on any atom is -0.465 e. The maximum Gasteiger partial charge on any atom is 0.337 e.